The topological polar surface area (TPSA) is 91.0 Å². The number of fused-ring (bicyclic) bond motifs is 1. The number of nitrogens with one attached hydrogen (secondary N) is 2. The van der Waals surface area contributed by atoms with E-state index in [1.165, 1.54) is 0 Å². The van der Waals surface area contributed by atoms with Crippen LogP contribution < -0.4 is 15.5 Å². The van der Waals surface area contributed by atoms with E-state index >= 15 is 0 Å². The van der Waals surface area contributed by atoms with Gasteiger partial charge in [-0.1, -0.05) is 17.7 Å². The number of ether oxygens (including phenoxy) is 1. The molecule has 0 aromatic heterocycles. The van der Waals surface area contributed by atoms with Crippen molar-refractivity contribution in [2.24, 2.45) is 0 Å². The summed E-state index contributed by atoms with van der Waals surface area (Å²) in [5.41, 5.74) is 1.90. The summed E-state index contributed by atoms with van der Waals surface area (Å²) in [7, 11) is 3.26. The van der Waals surface area contributed by atoms with E-state index in [0.29, 0.717) is 24.4 Å². The summed E-state index contributed by atoms with van der Waals surface area (Å²) in [4.78, 5) is 40.7. The van der Waals surface area contributed by atoms with Gasteiger partial charge in [-0.15, -0.1) is 0 Å². The molecular weight excluding hydrogens is 336 g/mol. The van der Waals surface area contributed by atoms with Gasteiger partial charge in [-0.05, 0) is 19.1 Å². The first-order valence-corrected chi connectivity index (χ1v) is 8.36. The van der Waals surface area contributed by atoms with Gasteiger partial charge in [0.25, 0.3) is 11.8 Å². The summed E-state index contributed by atoms with van der Waals surface area (Å²) >= 11 is 0. The molecule has 0 radical (unpaired) electrons. The Bertz CT molecular complexity index is 759. The Balaban J connectivity index is 1.81. The van der Waals surface area contributed by atoms with E-state index in [1.54, 1.807) is 37.4 Å². The molecular formula is C18H22N4O4. The number of rotatable bonds is 5. The number of carbonyl (C=O) groups is 3. The quantitative estimate of drug-likeness (QED) is 0.743. The summed E-state index contributed by atoms with van der Waals surface area (Å²) < 4.78 is 4.91. The molecule has 2 heterocycles. The number of urea groups is 1. The van der Waals surface area contributed by atoms with E-state index in [1.807, 2.05) is 19.1 Å². The summed E-state index contributed by atoms with van der Waals surface area (Å²) in [6.07, 6.45) is 1.61. The lowest BCUT2D eigenvalue weighted by atomic mass is 9.99. The van der Waals surface area contributed by atoms with E-state index in [-0.39, 0.29) is 11.8 Å². The number of aryl methyl sites for hydroxylation is 1. The lowest BCUT2D eigenvalue weighted by Gasteiger charge is -2.37. The van der Waals surface area contributed by atoms with E-state index in [4.69, 9.17) is 4.74 Å². The molecule has 138 valence electrons. The van der Waals surface area contributed by atoms with Crippen LogP contribution in [0.15, 0.2) is 36.0 Å². The first kappa shape index (κ1) is 17.9. The fraction of sp³-hybridized carbons (Fsp3) is 0.389. The zero-order valence-corrected chi connectivity index (χ0v) is 15.0. The van der Waals surface area contributed by atoms with Crippen molar-refractivity contribution in [1.82, 2.24) is 15.5 Å². The zero-order valence-electron chi connectivity index (χ0n) is 15.0. The third-order valence-electron chi connectivity index (χ3n) is 4.53. The molecule has 2 N–H and O–H groups in total. The maximum Gasteiger partial charge on any atom is 0.329 e. The van der Waals surface area contributed by atoms with Gasteiger partial charge in [0.1, 0.15) is 6.04 Å². The van der Waals surface area contributed by atoms with E-state index in [9.17, 15) is 14.4 Å². The molecule has 8 heteroatoms. The largest absolute Gasteiger partial charge is 0.383 e. The second-order valence-corrected chi connectivity index (χ2v) is 6.38. The van der Waals surface area contributed by atoms with Gasteiger partial charge in [-0.3, -0.25) is 9.59 Å². The molecule has 0 spiro atoms. The summed E-state index contributed by atoms with van der Waals surface area (Å²) in [6, 6.07) is 5.27. The molecule has 1 fully saturated rings. The number of hydrogen-bond acceptors (Lipinski definition) is 5. The van der Waals surface area contributed by atoms with Gasteiger partial charge < -0.3 is 20.3 Å². The minimum Gasteiger partial charge on any atom is -0.383 e. The Morgan fingerprint density at radius 3 is 2.62 bits per heavy atom. The second kappa shape index (κ2) is 7.17. The minimum atomic E-state index is -0.677. The average Bonchev–Trinajstić information content (AvgIpc) is 2.93. The van der Waals surface area contributed by atoms with Gasteiger partial charge in [0.05, 0.1) is 23.9 Å². The number of likely N-dealkylation sites (N-methyl/N-ethyl adjacent to an activating group) is 1. The smallest absolute Gasteiger partial charge is 0.329 e. The number of benzene rings is 1. The van der Waals surface area contributed by atoms with E-state index < -0.39 is 18.1 Å². The number of nitrogens with zero attached hydrogens (tertiary/aromatic N) is 2. The van der Waals surface area contributed by atoms with Crippen LogP contribution in [0.1, 0.15) is 5.56 Å². The third-order valence-corrected chi connectivity index (χ3v) is 4.53. The van der Waals surface area contributed by atoms with E-state index in [0.717, 1.165) is 10.5 Å². The minimum absolute atomic E-state index is 0.321. The van der Waals surface area contributed by atoms with Crippen molar-refractivity contribution in [3.05, 3.63) is 41.6 Å². The lowest BCUT2D eigenvalue weighted by Crippen LogP contribution is -2.65. The van der Waals surface area contributed by atoms with E-state index in [2.05, 4.69) is 10.6 Å². The Hall–Kier alpha value is -2.87. The van der Waals surface area contributed by atoms with Crippen molar-refractivity contribution < 1.29 is 19.1 Å². The molecule has 26 heavy (non-hydrogen) atoms. The van der Waals surface area contributed by atoms with Gasteiger partial charge >= 0.3 is 6.03 Å². The average molecular weight is 358 g/mol. The molecule has 3 rings (SSSR count). The van der Waals surface area contributed by atoms with Gasteiger partial charge in [0.2, 0.25) is 0 Å². The van der Waals surface area contributed by atoms with Crippen LogP contribution in [0.4, 0.5) is 10.5 Å². The van der Waals surface area contributed by atoms with Crippen molar-refractivity contribution in [2.45, 2.75) is 19.0 Å². The van der Waals surface area contributed by atoms with Gasteiger partial charge in [0.15, 0.2) is 0 Å². The van der Waals surface area contributed by atoms with Crippen LogP contribution in [0, 0.1) is 6.92 Å². The van der Waals surface area contributed by atoms with Crippen molar-refractivity contribution >= 4 is 23.5 Å². The highest BCUT2D eigenvalue weighted by atomic mass is 16.5. The Kier molecular flexibility index (Phi) is 4.94. The molecule has 2 aliphatic rings. The number of methoxy groups -OCH3 is 1. The van der Waals surface area contributed by atoms with Crippen molar-refractivity contribution in [1.29, 1.82) is 0 Å². The Morgan fingerprint density at radius 1 is 1.27 bits per heavy atom. The highest BCUT2D eigenvalue weighted by Gasteiger charge is 2.49. The number of hydrogen-bond donors (Lipinski definition) is 2. The van der Waals surface area contributed by atoms with Crippen LogP contribution in [-0.4, -0.2) is 62.1 Å². The molecule has 8 nitrogen and oxygen atoms in total. The Labute approximate surface area is 151 Å². The molecule has 0 saturated carbocycles. The van der Waals surface area contributed by atoms with Crippen LogP contribution >= 0.6 is 0 Å². The van der Waals surface area contributed by atoms with Crippen LogP contribution in [0.25, 0.3) is 0 Å². The van der Waals surface area contributed by atoms with Crippen LogP contribution in [-0.2, 0) is 14.3 Å². The maximum absolute atomic E-state index is 13.0. The van der Waals surface area contributed by atoms with Gasteiger partial charge in [0, 0.05) is 26.9 Å². The fourth-order valence-electron chi connectivity index (χ4n) is 3.20. The molecule has 2 aliphatic heterocycles. The Morgan fingerprint density at radius 2 is 1.96 bits per heavy atom. The number of carbonyl (C=O) groups excluding carboxylic acids is 3. The van der Waals surface area contributed by atoms with Crippen molar-refractivity contribution in [3.63, 3.8) is 0 Å². The lowest BCUT2D eigenvalue weighted by molar-refractivity contribution is -0.122. The summed E-state index contributed by atoms with van der Waals surface area (Å²) in [5, 5.41) is 5.51. The van der Waals surface area contributed by atoms with Gasteiger partial charge in [-0.2, -0.15) is 0 Å². The zero-order chi connectivity index (χ0) is 18.8. The first-order chi connectivity index (χ1) is 12.4. The molecule has 1 aromatic rings. The van der Waals surface area contributed by atoms with Crippen LogP contribution in [0.2, 0.25) is 0 Å². The molecule has 1 aromatic carbocycles. The third kappa shape index (κ3) is 3.15. The first-order valence-electron chi connectivity index (χ1n) is 8.36. The summed E-state index contributed by atoms with van der Waals surface area (Å²) in [6.45, 7) is 2.67. The predicted octanol–water partition coefficient (Wildman–Crippen LogP) is 0.380. The molecule has 0 bridgehead atoms. The normalized spacial score (nSPS) is 22.0. The number of imide groups is 1. The van der Waals surface area contributed by atoms with Gasteiger partial charge in [-0.25, -0.2) is 9.69 Å². The second-order valence-electron chi connectivity index (χ2n) is 6.38. The predicted molar refractivity (Wildman–Crippen MR) is 95.5 cm³/mol. The van der Waals surface area contributed by atoms with Crippen molar-refractivity contribution in [2.75, 3.05) is 32.2 Å². The molecule has 2 atom stereocenters. The maximum atomic E-state index is 13.0. The SMILES string of the molecule is COCCNC(=O)C1=CN(C)C2C(=O)N(c3ccc(C)cc3)C(=O)NC12. The molecule has 2 unspecified atom stereocenters. The van der Waals surface area contributed by atoms with Crippen LogP contribution in [0.3, 0.4) is 0 Å². The number of amides is 4. The van der Waals surface area contributed by atoms with Crippen molar-refractivity contribution in [3.8, 4) is 0 Å². The highest BCUT2D eigenvalue weighted by Crippen LogP contribution is 2.29. The molecule has 4 amide bonds. The number of anilines is 1. The molecule has 1 saturated heterocycles. The van der Waals surface area contributed by atoms with Crippen LogP contribution in [0.5, 0.6) is 0 Å². The summed E-state index contributed by atoms with van der Waals surface area (Å²) in [5.74, 6) is -0.681. The highest BCUT2D eigenvalue weighted by molar-refractivity contribution is 6.19. The monoisotopic (exact) mass is 358 g/mol. The molecule has 0 aliphatic carbocycles. The standard InChI is InChI=1S/C18H22N4O4/c1-11-4-6-12(7-5-11)22-17(24)15-14(20-18(22)25)13(10-21(15)2)16(23)19-8-9-26-3/h4-7,10,14-15H,8-9H2,1-3H3,(H,19,23)(H,20,25). The fourth-order valence-corrected chi connectivity index (χ4v) is 3.20.